The lowest BCUT2D eigenvalue weighted by molar-refractivity contribution is 0.0592. The van der Waals surface area contributed by atoms with Crippen LogP contribution in [0.1, 0.15) is 34.1 Å². The van der Waals surface area contributed by atoms with E-state index in [-0.39, 0.29) is 10.1 Å². The summed E-state index contributed by atoms with van der Waals surface area (Å²) in [4.78, 5) is 0. The Morgan fingerprint density at radius 1 is 1.39 bits per heavy atom. The predicted molar refractivity (Wildman–Crippen MR) is 100 cm³/mol. The van der Waals surface area contributed by atoms with Crippen molar-refractivity contribution >= 4 is 37.3 Å². The summed E-state index contributed by atoms with van der Waals surface area (Å²) in [6.07, 6.45) is 0.699. The average molecular weight is 422 g/mol. The number of halogens is 1. The number of rotatable bonds is 8. The molecular weight excluding hydrogens is 398 g/mol. The number of aliphatic hydroxyl groups is 1. The van der Waals surface area contributed by atoms with Crippen molar-refractivity contribution in [3.63, 3.8) is 0 Å². The molecule has 0 radical (unpaired) electrons. The summed E-state index contributed by atoms with van der Waals surface area (Å²) in [5.41, 5.74) is -0.576. The summed E-state index contributed by atoms with van der Waals surface area (Å²) in [6.45, 7) is 14.9. The monoisotopic (exact) mass is 421 g/mol. The van der Waals surface area contributed by atoms with E-state index in [2.05, 4.69) is 33.8 Å². The Balaban J connectivity index is 3.33. The van der Waals surface area contributed by atoms with Crippen molar-refractivity contribution in [2.24, 2.45) is 5.92 Å². The fraction of sp³-hybridized carbons (Fsp3) is 0.500. The number of hydrogen-bond acceptors (Lipinski definition) is 4. The van der Waals surface area contributed by atoms with Crippen LogP contribution in [0.4, 0.5) is 0 Å². The molecule has 2 N–H and O–H groups in total. The van der Waals surface area contributed by atoms with Crippen LogP contribution in [-0.2, 0) is 10.0 Å². The number of nitrogens with one attached hydrogen (secondary N) is 1. The van der Waals surface area contributed by atoms with Crippen LogP contribution >= 0.6 is 27.3 Å². The topological polar surface area (TPSA) is 66.4 Å². The molecule has 4 nitrogen and oxygen atoms in total. The summed E-state index contributed by atoms with van der Waals surface area (Å²) < 4.78 is 28.9. The molecule has 1 aromatic rings. The molecule has 2 atom stereocenters. The Morgan fingerprint density at radius 3 is 2.26 bits per heavy atom. The molecule has 0 saturated heterocycles. The van der Waals surface area contributed by atoms with Crippen molar-refractivity contribution in [2.75, 3.05) is 0 Å². The van der Waals surface area contributed by atoms with Gasteiger partial charge in [0.1, 0.15) is 9.81 Å². The van der Waals surface area contributed by atoms with Gasteiger partial charge in [0.05, 0.1) is 9.83 Å². The minimum Gasteiger partial charge on any atom is -0.379 e. The highest BCUT2D eigenvalue weighted by Gasteiger charge is 2.43. The van der Waals surface area contributed by atoms with Gasteiger partial charge in [-0.15, -0.1) is 11.3 Å². The average Bonchev–Trinajstić information content (AvgIpc) is 2.90. The van der Waals surface area contributed by atoms with E-state index in [1.54, 1.807) is 19.9 Å². The molecule has 0 aliphatic rings. The van der Waals surface area contributed by atoms with Crippen LogP contribution in [0.3, 0.4) is 0 Å². The van der Waals surface area contributed by atoms with E-state index >= 15 is 0 Å². The maximum absolute atomic E-state index is 12.7. The molecule has 0 fully saturated rings. The molecule has 0 aliphatic carbocycles. The Kier molecular flexibility index (Phi) is 6.81. The van der Waals surface area contributed by atoms with Crippen molar-refractivity contribution in [3.8, 4) is 0 Å². The fourth-order valence-electron chi connectivity index (χ4n) is 2.41. The summed E-state index contributed by atoms with van der Waals surface area (Å²) in [5, 5.41) is 11.1. The maximum Gasteiger partial charge on any atom is 0.250 e. The smallest absolute Gasteiger partial charge is 0.250 e. The van der Waals surface area contributed by atoms with Crippen molar-refractivity contribution < 1.29 is 13.5 Å². The molecular formula is C16H24BrNO3S2. The van der Waals surface area contributed by atoms with E-state index in [4.69, 9.17) is 0 Å². The minimum absolute atomic E-state index is 0.105. The second-order valence-corrected chi connectivity index (χ2v) is 10.3. The van der Waals surface area contributed by atoms with Gasteiger partial charge >= 0.3 is 0 Å². The first-order chi connectivity index (χ1) is 10.5. The Hall–Kier alpha value is -0.470. The first-order valence-corrected chi connectivity index (χ1v) is 10.4. The predicted octanol–water partition coefficient (Wildman–Crippen LogP) is 4.09. The van der Waals surface area contributed by atoms with Gasteiger partial charge in [-0.25, -0.2) is 13.1 Å². The number of sulfonamides is 1. The lowest BCUT2D eigenvalue weighted by Gasteiger charge is -2.40. The van der Waals surface area contributed by atoms with Gasteiger partial charge in [-0.3, -0.25) is 0 Å². The molecule has 0 spiro atoms. The summed E-state index contributed by atoms with van der Waals surface area (Å²) in [7, 11) is -3.75. The summed E-state index contributed by atoms with van der Waals surface area (Å²) in [6, 6.07) is 2.47. The van der Waals surface area contributed by atoms with Crippen LogP contribution in [-0.4, -0.2) is 25.2 Å². The van der Waals surface area contributed by atoms with E-state index in [0.29, 0.717) is 17.6 Å². The van der Waals surface area contributed by atoms with Crippen LogP contribution in [0.25, 0.3) is 0 Å². The highest BCUT2D eigenvalue weighted by Crippen LogP contribution is 2.34. The largest absolute Gasteiger partial charge is 0.379 e. The second-order valence-electron chi connectivity index (χ2n) is 5.87. The third-order valence-corrected chi connectivity index (χ3v) is 7.62. The molecule has 23 heavy (non-hydrogen) atoms. The van der Waals surface area contributed by atoms with Crippen LogP contribution < -0.4 is 4.72 Å². The zero-order chi connectivity index (χ0) is 18.0. The van der Waals surface area contributed by atoms with Gasteiger partial charge in [-0.05, 0) is 59.0 Å². The minimum atomic E-state index is -3.75. The molecule has 130 valence electrons. The van der Waals surface area contributed by atoms with Crippen molar-refractivity contribution in [1.29, 1.82) is 0 Å². The highest BCUT2D eigenvalue weighted by atomic mass is 79.9. The molecule has 0 bridgehead atoms. The molecule has 0 amide bonds. The van der Waals surface area contributed by atoms with Crippen molar-refractivity contribution in [1.82, 2.24) is 4.72 Å². The molecule has 1 aromatic heterocycles. The molecule has 2 unspecified atom stereocenters. The van der Waals surface area contributed by atoms with Gasteiger partial charge in [-0.2, -0.15) is 0 Å². The van der Waals surface area contributed by atoms with E-state index in [9.17, 15) is 13.5 Å². The summed E-state index contributed by atoms with van der Waals surface area (Å²) in [5.74, 6) is -0.105. The van der Waals surface area contributed by atoms with Crippen LogP contribution in [0, 0.1) is 5.92 Å². The van der Waals surface area contributed by atoms with E-state index < -0.39 is 21.7 Å². The van der Waals surface area contributed by atoms with Crippen molar-refractivity contribution in [3.05, 3.63) is 40.2 Å². The normalized spacial score (nSPS) is 15.2. The maximum atomic E-state index is 12.7. The highest BCUT2D eigenvalue weighted by molar-refractivity contribution is 9.11. The van der Waals surface area contributed by atoms with Gasteiger partial charge in [0, 0.05) is 0 Å². The first kappa shape index (κ1) is 20.6. The van der Waals surface area contributed by atoms with Gasteiger partial charge in [0.25, 0.3) is 0 Å². The quantitative estimate of drug-likeness (QED) is 0.621. The van der Waals surface area contributed by atoms with E-state index in [1.165, 1.54) is 6.07 Å². The molecule has 0 aromatic carbocycles. The molecule has 7 heteroatoms. The first-order valence-electron chi connectivity index (χ1n) is 7.28. The summed E-state index contributed by atoms with van der Waals surface area (Å²) >= 11 is 4.39. The molecule has 1 rings (SSSR count). The Bertz CT molecular complexity index is 680. The Labute approximate surface area is 151 Å². The number of thiophene rings is 1. The standard InChI is InChI=1S/C16H24BrNO3S2/c1-7-12(6)15(16(19,10(2)3)11(4)5)18-23(20,21)14-9-8-13(17)22-14/h8-9,12,15,18-19H,2,4,7H2,1,3,5-6H3. The zero-order valence-electron chi connectivity index (χ0n) is 13.9. The van der Waals surface area contributed by atoms with Gasteiger partial charge in [0.15, 0.2) is 0 Å². The van der Waals surface area contributed by atoms with Gasteiger partial charge < -0.3 is 5.11 Å². The lowest BCUT2D eigenvalue weighted by atomic mass is 9.76. The SMILES string of the molecule is C=C(C)C(O)(C(=C)C)C(NS(=O)(=O)c1ccc(Br)s1)C(C)CC. The molecule has 1 heterocycles. The lowest BCUT2D eigenvalue weighted by Crippen LogP contribution is -2.56. The van der Waals surface area contributed by atoms with Crippen LogP contribution in [0.15, 0.2) is 44.4 Å². The van der Waals surface area contributed by atoms with E-state index in [0.717, 1.165) is 15.1 Å². The molecule has 0 aliphatic heterocycles. The van der Waals surface area contributed by atoms with Crippen LogP contribution in [0.2, 0.25) is 0 Å². The third-order valence-electron chi connectivity index (χ3n) is 4.06. The fourth-order valence-corrected chi connectivity index (χ4v) is 5.81. The van der Waals surface area contributed by atoms with Gasteiger partial charge in [0.2, 0.25) is 10.0 Å². The third kappa shape index (κ3) is 4.33. The second kappa shape index (κ2) is 7.61. The van der Waals surface area contributed by atoms with Crippen molar-refractivity contribution in [2.45, 2.75) is 50.0 Å². The van der Waals surface area contributed by atoms with Gasteiger partial charge in [-0.1, -0.05) is 33.4 Å². The Morgan fingerprint density at radius 2 is 1.91 bits per heavy atom. The van der Waals surface area contributed by atoms with E-state index in [1.807, 2.05) is 13.8 Å². The van der Waals surface area contributed by atoms with Crippen LogP contribution in [0.5, 0.6) is 0 Å². The number of hydrogen-bond donors (Lipinski definition) is 2. The zero-order valence-corrected chi connectivity index (χ0v) is 17.1. The molecule has 0 saturated carbocycles.